The SMILES string of the molecule is CCN(Cc1cc(F)cc(C(C)=O)c1O)CC1CC1. The summed E-state index contributed by atoms with van der Waals surface area (Å²) in [6.45, 7) is 5.69. The highest BCUT2D eigenvalue weighted by molar-refractivity contribution is 5.97. The summed E-state index contributed by atoms with van der Waals surface area (Å²) in [6.07, 6.45) is 2.51. The van der Waals surface area contributed by atoms with Gasteiger partial charge >= 0.3 is 0 Å². The molecule has 2 rings (SSSR count). The van der Waals surface area contributed by atoms with E-state index >= 15 is 0 Å². The van der Waals surface area contributed by atoms with Gasteiger partial charge < -0.3 is 5.11 Å². The van der Waals surface area contributed by atoms with E-state index in [1.165, 1.54) is 25.8 Å². The lowest BCUT2D eigenvalue weighted by Gasteiger charge is -2.21. The Balaban J connectivity index is 2.20. The van der Waals surface area contributed by atoms with E-state index in [-0.39, 0.29) is 17.1 Å². The zero-order valence-electron chi connectivity index (χ0n) is 11.4. The first-order valence-electron chi connectivity index (χ1n) is 6.76. The van der Waals surface area contributed by atoms with E-state index in [2.05, 4.69) is 4.90 Å². The summed E-state index contributed by atoms with van der Waals surface area (Å²) in [6, 6.07) is 2.41. The summed E-state index contributed by atoms with van der Waals surface area (Å²) >= 11 is 0. The Labute approximate surface area is 113 Å². The molecule has 3 nitrogen and oxygen atoms in total. The van der Waals surface area contributed by atoms with Crippen molar-refractivity contribution >= 4 is 5.78 Å². The van der Waals surface area contributed by atoms with Crippen LogP contribution in [0.3, 0.4) is 0 Å². The van der Waals surface area contributed by atoms with Crippen LogP contribution in [0.4, 0.5) is 4.39 Å². The van der Waals surface area contributed by atoms with Crippen molar-refractivity contribution < 1.29 is 14.3 Å². The summed E-state index contributed by atoms with van der Waals surface area (Å²) in [5, 5.41) is 10.1. The van der Waals surface area contributed by atoms with Crippen molar-refractivity contribution in [2.45, 2.75) is 33.2 Å². The maximum atomic E-state index is 13.5. The number of Topliss-reactive ketones (excluding diaryl/α,β-unsaturated/α-hetero) is 1. The van der Waals surface area contributed by atoms with Gasteiger partial charge in [-0.05, 0) is 44.4 Å². The van der Waals surface area contributed by atoms with Crippen LogP contribution in [-0.2, 0) is 6.54 Å². The van der Waals surface area contributed by atoms with Gasteiger partial charge in [-0.25, -0.2) is 4.39 Å². The minimum Gasteiger partial charge on any atom is -0.507 e. The van der Waals surface area contributed by atoms with Gasteiger partial charge in [0.2, 0.25) is 0 Å². The second-order valence-electron chi connectivity index (χ2n) is 5.29. The molecular weight excluding hydrogens is 245 g/mol. The Morgan fingerprint density at radius 1 is 1.47 bits per heavy atom. The highest BCUT2D eigenvalue weighted by Gasteiger charge is 2.24. The molecule has 19 heavy (non-hydrogen) atoms. The fraction of sp³-hybridized carbons (Fsp3) is 0.533. The molecule has 1 aromatic carbocycles. The van der Waals surface area contributed by atoms with Gasteiger partial charge in [0, 0.05) is 18.7 Å². The zero-order valence-corrected chi connectivity index (χ0v) is 11.4. The highest BCUT2D eigenvalue weighted by atomic mass is 19.1. The van der Waals surface area contributed by atoms with E-state index in [9.17, 15) is 14.3 Å². The van der Waals surface area contributed by atoms with E-state index < -0.39 is 5.82 Å². The predicted molar refractivity (Wildman–Crippen MR) is 71.7 cm³/mol. The first kappa shape index (κ1) is 14.0. The maximum Gasteiger partial charge on any atom is 0.163 e. The molecule has 0 heterocycles. The van der Waals surface area contributed by atoms with Gasteiger partial charge in [0.05, 0.1) is 5.56 Å². The third kappa shape index (κ3) is 3.53. The Kier molecular flexibility index (Phi) is 4.20. The Morgan fingerprint density at radius 2 is 2.16 bits per heavy atom. The molecule has 0 bridgehead atoms. The number of carbonyl (C=O) groups excluding carboxylic acids is 1. The Morgan fingerprint density at radius 3 is 2.68 bits per heavy atom. The van der Waals surface area contributed by atoms with Gasteiger partial charge in [0.25, 0.3) is 0 Å². The molecule has 0 atom stereocenters. The molecular formula is C15H20FNO2. The van der Waals surface area contributed by atoms with Crippen molar-refractivity contribution in [3.8, 4) is 5.75 Å². The topological polar surface area (TPSA) is 40.5 Å². The molecule has 0 aliphatic heterocycles. The maximum absolute atomic E-state index is 13.5. The second kappa shape index (κ2) is 5.70. The molecule has 0 unspecified atom stereocenters. The van der Waals surface area contributed by atoms with Crippen LogP contribution < -0.4 is 0 Å². The molecule has 0 aromatic heterocycles. The molecule has 0 radical (unpaired) electrons. The smallest absolute Gasteiger partial charge is 0.163 e. The summed E-state index contributed by atoms with van der Waals surface area (Å²) in [5.74, 6) is -0.130. The zero-order chi connectivity index (χ0) is 14.0. The summed E-state index contributed by atoms with van der Waals surface area (Å²) in [7, 11) is 0. The largest absolute Gasteiger partial charge is 0.507 e. The van der Waals surface area contributed by atoms with Crippen LogP contribution in [0.15, 0.2) is 12.1 Å². The summed E-state index contributed by atoms with van der Waals surface area (Å²) in [5.41, 5.74) is 0.560. The number of aromatic hydroxyl groups is 1. The number of carbonyl (C=O) groups is 1. The van der Waals surface area contributed by atoms with Crippen LogP contribution in [0, 0.1) is 11.7 Å². The fourth-order valence-electron chi connectivity index (χ4n) is 2.26. The number of phenolic OH excluding ortho intramolecular Hbond substituents is 1. The molecule has 1 aliphatic rings. The molecule has 0 spiro atoms. The van der Waals surface area contributed by atoms with Gasteiger partial charge in [-0.15, -0.1) is 0 Å². The standard InChI is InChI=1S/C15H20FNO2/c1-3-17(8-11-4-5-11)9-12-6-13(16)7-14(10(2)18)15(12)19/h6-7,11,19H,3-5,8-9H2,1-2H3. The van der Waals surface area contributed by atoms with Crippen molar-refractivity contribution in [3.63, 3.8) is 0 Å². The first-order valence-corrected chi connectivity index (χ1v) is 6.76. The van der Waals surface area contributed by atoms with Crippen molar-refractivity contribution in [1.82, 2.24) is 4.90 Å². The third-order valence-electron chi connectivity index (χ3n) is 3.59. The van der Waals surface area contributed by atoms with Crippen molar-refractivity contribution in [3.05, 3.63) is 29.1 Å². The molecule has 104 valence electrons. The molecule has 1 aromatic rings. The van der Waals surface area contributed by atoms with E-state index in [4.69, 9.17) is 0 Å². The van der Waals surface area contributed by atoms with E-state index in [1.54, 1.807) is 0 Å². The number of ketones is 1. The fourth-order valence-corrected chi connectivity index (χ4v) is 2.26. The number of hydrogen-bond acceptors (Lipinski definition) is 3. The van der Waals surface area contributed by atoms with Crippen LogP contribution in [0.2, 0.25) is 0 Å². The Hall–Kier alpha value is -1.42. The minimum absolute atomic E-state index is 0.0671. The number of rotatable bonds is 6. The van der Waals surface area contributed by atoms with Gasteiger partial charge in [-0.2, -0.15) is 0 Å². The predicted octanol–water partition coefficient (Wildman–Crippen LogP) is 2.97. The normalized spacial score (nSPS) is 14.9. The van der Waals surface area contributed by atoms with Crippen LogP contribution in [-0.4, -0.2) is 28.9 Å². The van der Waals surface area contributed by atoms with Crippen LogP contribution in [0.1, 0.15) is 42.6 Å². The van der Waals surface area contributed by atoms with Crippen LogP contribution in [0.5, 0.6) is 5.75 Å². The number of phenols is 1. The lowest BCUT2D eigenvalue weighted by atomic mass is 10.0. The third-order valence-corrected chi connectivity index (χ3v) is 3.59. The van der Waals surface area contributed by atoms with Crippen LogP contribution in [0.25, 0.3) is 0 Å². The molecule has 1 fully saturated rings. The number of halogens is 1. The molecule has 0 saturated heterocycles. The van der Waals surface area contributed by atoms with Crippen molar-refractivity contribution in [2.75, 3.05) is 13.1 Å². The second-order valence-corrected chi connectivity index (χ2v) is 5.29. The molecule has 1 N–H and O–H groups in total. The monoisotopic (exact) mass is 265 g/mol. The summed E-state index contributed by atoms with van der Waals surface area (Å²) < 4.78 is 13.5. The van der Waals surface area contributed by atoms with E-state index in [0.29, 0.717) is 12.1 Å². The highest BCUT2D eigenvalue weighted by Crippen LogP contribution is 2.31. The Bertz CT molecular complexity index is 483. The molecule has 0 amide bonds. The molecule has 1 aliphatic carbocycles. The van der Waals surface area contributed by atoms with E-state index in [0.717, 1.165) is 25.1 Å². The number of nitrogens with zero attached hydrogens (tertiary/aromatic N) is 1. The van der Waals surface area contributed by atoms with E-state index in [1.807, 2.05) is 6.92 Å². The lowest BCUT2D eigenvalue weighted by molar-refractivity contribution is 0.101. The van der Waals surface area contributed by atoms with Crippen molar-refractivity contribution in [2.24, 2.45) is 5.92 Å². The number of hydrogen-bond donors (Lipinski definition) is 1. The van der Waals surface area contributed by atoms with Gasteiger partial charge in [0.15, 0.2) is 5.78 Å². The summed E-state index contributed by atoms with van der Waals surface area (Å²) in [4.78, 5) is 13.6. The number of benzene rings is 1. The lowest BCUT2D eigenvalue weighted by Crippen LogP contribution is -2.25. The van der Waals surface area contributed by atoms with Gasteiger partial charge in [-0.1, -0.05) is 6.92 Å². The molecule has 1 saturated carbocycles. The minimum atomic E-state index is -0.472. The van der Waals surface area contributed by atoms with Gasteiger partial charge in [0.1, 0.15) is 11.6 Å². The van der Waals surface area contributed by atoms with Gasteiger partial charge in [-0.3, -0.25) is 9.69 Å². The van der Waals surface area contributed by atoms with Crippen LogP contribution >= 0.6 is 0 Å². The van der Waals surface area contributed by atoms with Crippen molar-refractivity contribution in [1.29, 1.82) is 0 Å². The molecule has 4 heteroatoms. The first-order chi connectivity index (χ1) is 9.01. The average Bonchev–Trinajstić information content (AvgIpc) is 3.15. The average molecular weight is 265 g/mol. The quantitative estimate of drug-likeness (QED) is 0.804.